The molecule has 0 spiro atoms. The number of methoxy groups -OCH3 is 2. The second-order valence-corrected chi connectivity index (χ2v) is 6.65. The first-order chi connectivity index (χ1) is 13.2. The van der Waals surface area contributed by atoms with Crippen molar-refractivity contribution in [3.05, 3.63) is 48.5 Å². The van der Waals surface area contributed by atoms with Crippen molar-refractivity contribution in [1.29, 1.82) is 0 Å². The lowest BCUT2D eigenvalue weighted by Crippen LogP contribution is -2.43. The second-order valence-electron chi connectivity index (χ2n) is 6.65. The summed E-state index contributed by atoms with van der Waals surface area (Å²) >= 11 is 0. The molecular weight excluding hydrogens is 344 g/mol. The summed E-state index contributed by atoms with van der Waals surface area (Å²) in [7, 11) is 3.32. The van der Waals surface area contributed by atoms with Gasteiger partial charge in [-0.15, -0.1) is 0 Å². The summed E-state index contributed by atoms with van der Waals surface area (Å²) in [6.07, 6.45) is 2.11. The van der Waals surface area contributed by atoms with Crippen LogP contribution in [0, 0.1) is 5.92 Å². The SMILES string of the molecule is COCC1CCCN(C(=O)Nc2ccc(Oc3cccc(OC)c3)cc2)C1. The van der Waals surface area contributed by atoms with Crippen LogP contribution >= 0.6 is 0 Å². The molecule has 0 bridgehead atoms. The van der Waals surface area contributed by atoms with Crippen molar-refractivity contribution in [2.24, 2.45) is 5.92 Å². The number of hydrogen-bond acceptors (Lipinski definition) is 4. The minimum Gasteiger partial charge on any atom is -0.497 e. The maximum atomic E-state index is 12.5. The molecule has 0 aliphatic carbocycles. The molecule has 144 valence electrons. The van der Waals surface area contributed by atoms with Crippen molar-refractivity contribution in [3.8, 4) is 17.2 Å². The van der Waals surface area contributed by atoms with Gasteiger partial charge >= 0.3 is 6.03 Å². The van der Waals surface area contributed by atoms with Crippen molar-refractivity contribution in [2.45, 2.75) is 12.8 Å². The van der Waals surface area contributed by atoms with Gasteiger partial charge < -0.3 is 24.4 Å². The normalized spacial score (nSPS) is 16.7. The van der Waals surface area contributed by atoms with E-state index >= 15 is 0 Å². The molecule has 2 aromatic rings. The molecule has 1 aliphatic heterocycles. The minimum absolute atomic E-state index is 0.0720. The Labute approximate surface area is 160 Å². The Morgan fingerprint density at radius 3 is 2.63 bits per heavy atom. The van der Waals surface area contributed by atoms with E-state index in [2.05, 4.69) is 5.32 Å². The molecule has 6 nitrogen and oxygen atoms in total. The average Bonchev–Trinajstić information content (AvgIpc) is 2.70. The van der Waals surface area contributed by atoms with Crippen LogP contribution in [0.15, 0.2) is 48.5 Å². The van der Waals surface area contributed by atoms with Gasteiger partial charge in [0.1, 0.15) is 17.2 Å². The highest BCUT2D eigenvalue weighted by molar-refractivity contribution is 5.89. The van der Waals surface area contributed by atoms with Crippen molar-refractivity contribution < 1.29 is 19.0 Å². The van der Waals surface area contributed by atoms with Crippen molar-refractivity contribution in [1.82, 2.24) is 4.90 Å². The van der Waals surface area contributed by atoms with Gasteiger partial charge in [0, 0.05) is 37.9 Å². The largest absolute Gasteiger partial charge is 0.497 e. The van der Waals surface area contributed by atoms with E-state index in [9.17, 15) is 4.79 Å². The van der Waals surface area contributed by atoms with E-state index in [4.69, 9.17) is 14.2 Å². The van der Waals surface area contributed by atoms with Crippen LogP contribution in [-0.2, 0) is 4.74 Å². The molecule has 0 saturated carbocycles. The van der Waals surface area contributed by atoms with Gasteiger partial charge in [0.15, 0.2) is 0 Å². The van der Waals surface area contributed by atoms with Gasteiger partial charge in [0.2, 0.25) is 0 Å². The first-order valence-electron chi connectivity index (χ1n) is 9.15. The molecule has 2 amide bonds. The minimum atomic E-state index is -0.0720. The summed E-state index contributed by atoms with van der Waals surface area (Å²) in [5, 5.41) is 2.95. The number of carbonyl (C=O) groups is 1. The number of rotatable bonds is 6. The second kappa shape index (κ2) is 9.28. The van der Waals surface area contributed by atoms with E-state index in [1.165, 1.54) is 0 Å². The standard InChI is InChI=1S/C21H26N2O4/c1-25-15-16-5-4-12-23(14-16)21(24)22-17-8-10-18(11-9-17)27-20-7-3-6-19(13-20)26-2/h3,6-11,13,16H,4-5,12,14-15H2,1-2H3,(H,22,24). The van der Waals surface area contributed by atoms with Gasteiger partial charge in [-0.1, -0.05) is 6.07 Å². The van der Waals surface area contributed by atoms with Crippen molar-refractivity contribution in [3.63, 3.8) is 0 Å². The highest BCUT2D eigenvalue weighted by Crippen LogP contribution is 2.26. The number of nitrogens with zero attached hydrogens (tertiary/aromatic N) is 1. The van der Waals surface area contributed by atoms with Gasteiger partial charge in [-0.25, -0.2) is 4.79 Å². The Bertz CT molecular complexity index is 746. The van der Waals surface area contributed by atoms with Gasteiger partial charge in [0.05, 0.1) is 13.7 Å². The molecule has 1 saturated heterocycles. The molecule has 0 radical (unpaired) electrons. The Kier molecular flexibility index (Phi) is 6.54. The van der Waals surface area contributed by atoms with Crippen LogP contribution in [0.4, 0.5) is 10.5 Å². The van der Waals surface area contributed by atoms with Crippen molar-refractivity contribution in [2.75, 3.05) is 39.2 Å². The molecule has 0 aromatic heterocycles. The fraction of sp³-hybridized carbons (Fsp3) is 0.381. The van der Waals surface area contributed by atoms with E-state index in [-0.39, 0.29) is 6.03 Å². The topological polar surface area (TPSA) is 60.0 Å². The average molecular weight is 370 g/mol. The van der Waals surface area contributed by atoms with Crippen LogP contribution in [0.5, 0.6) is 17.2 Å². The lowest BCUT2D eigenvalue weighted by molar-refractivity contribution is 0.104. The van der Waals surface area contributed by atoms with Crippen LogP contribution in [0.1, 0.15) is 12.8 Å². The quantitative estimate of drug-likeness (QED) is 0.820. The van der Waals surface area contributed by atoms with E-state index in [1.54, 1.807) is 14.2 Å². The number of benzene rings is 2. The summed E-state index contributed by atoms with van der Waals surface area (Å²) in [6, 6.07) is 14.7. The van der Waals surface area contributed by atoms with Gasteiger partial charge in [-0.3, -0.25) is 0 Å². The fourth-order valence-corrected chi connectivity index (χ4v) is 3.23. The number of carbonyl (C=O) groups excluding carboxylic acids is 1. The number of urea groups is 1. The molecule has 1 heterocycles. The van der Waals surface area contributed by atoms with Crippen LogP contribution in [0.2, 0.25) is 0 Å². The van der Waals surface area contributed by atoms with Crippen LogP contribution < -0.4 is 14.8 Å². The molecular formula is C21H26N2O4. The zero-order valence-electron chi connectivity index (χ0n) is 15.8. The third-order valence-electron chi connectivity index (χ3n) is 4.59. The molecule has 1 aliphatic rings. The van der Waals surface area contributed by atoms with Gasteiger partial charge in [-0.2, -0.15) is 0 Å². The van der Waals surface area contributed by atoms with Gasteiger partial charge in [0.25, 0.3) is 0 Å². The third kappa shape index (κ3) is 5.37. The highest BCUT2D eigenvalue weighted by Gasteiger charge is 2.23. The highest BCUT2D eigenvalue weighted by atomic mass is 16.5. The first kappa shape index (κ1) is 19.0. The van der Waals surface area contributed by atoms with Crippen LogP contribution in [0.3, 0.4) is 0 Å². The smallest absolute Gasteiger partial charge is 0.321 e. The molecule has 1 unspecified atom stereocenters. The zero-order valence-corrected chi connectivity index (χ0v) is 15.8. The Hall–Kier alpha value is -2.73. The van der Waals surface area contributed by atoms with Crippen LogP contribution in [-0.4, -0.2) is 44.8 Å². The summed E-state index contributed by atoms with van der Waals surface area (Å²) in [5.41, 5.74) is 0.742. The predicted octanol–water partition coefficient (Wildman–Crippen LogP) is 4.38. The third-order valence-corrected chi connectivity index (χ3v) is 4.59. The summed E-state index contributed by atoms with van der Waals surface area (Å²) in [5.74, 6) is 2.54. The fourth-order valence-electron chi connectivity index (χ4n) is 3.23. The molecule has 1 atom stereocenters. The molecule has 2 aromatic carbocycles. The monoisotopic (exact) mass is 370 g/mol. The van der Waals surface area contributed by atoms with E-state index in [1.807, 2.05) is 53.4 Å². The first-order valence-corrected chi connectivity index (χ1v) is 9.15. The lowest BCUT2D eigenvalue weighted by Gasteiger charge is -2.32. The van der Waals surface area contributed by atoms with E-state index < -0.39 is 0 Å². The summed E-state index contributed by atoms with van der Waals surface area (Å²) in [6.45, 7) is 2.21. The number of anilines is 1. The van der Waals surface area contributed by atoms with Crippen LogP contribution in [0.25, 0.3) is 0 Å². The summed E-state index contributed by atoms with van der Waals surface area (Å²) in [4.78, 5) is 14.3. The maximum absolute atomic E-state index is 12.5. The zero-order chi connectivity index (χ0) is 19.1. The number of ether oxygens (including phenoxy) is 3. The molecule has 27 heavy (non-hydrogen) atoms. The lowest BCUT2D eigenvalue weighted by atomic mass is 9.99. The number of amides is 2. The molecule has 1 N–H and O–H groups in total. The van der Waals surface area contributed by atoms with Crippen molar-refractivity contribution >= 4 is 11.7 Å². The Morgan fingerprint density at radius 1 is 1.11 bits per heavy atom. The Balaban J connectivity index is 1.56. The molecule has 6 heteroatoms. The number of likely N-dealkylation sites (tertiary alicyclic amines) is 1. The maximum Gasteiger partial charge on any atom is 0.321 e. The summed E-state index contributed by atoms with van der Waals surface area (Å²) < 4.78 is 16.2. The van der Waals surface area contributed by atoms with Gasteiger partial charge in [-0.05, 0) is 49.2 Å². The predicted molar refractivity (Wildman–Crippen MR) is 105 cm³/mol. The van der Waals surface area contributed by atoms with E-state index in [0.29, 0.717) is 24.0 Å². The molecule has 3 rings (SSSR count). The Morgan fingerprint density at radius 2 is 1.89 bits per heavy atom. The molecule has 1 fully saturated rings. The number of hydrogen-bond donors (Lipinski definition) is 1. The number of piperidine rings is 1. The number of nitrogens with one attached hydrogen (secondary N) is 1. The van der Waals surface area contributed by atoms with E-state index in [0.717, 1.165) is 37.4 Å².